The molecule has 0 N–H and O–H groups in total. The molecule has 2 aliphatic heterocycles. The van der Waals surface area contributed by atoms with Gasteiger partial charge in [-0.1, -0.05) is 18.6 Å². The number of fused-ring (bicyclic) bond motifs is 3. The zero-order valence-corrected chi connectivity index (χ0v) is 18.7. The van der Waals surface area contributed by atoms with Crippen LogP contribution in [-0.2, 0) is 11.3 Å². The highest BCUT2D eigenvalue weighted by molar-refractivity contribution is 5.97. The first-order valence-electron chi connectivity index (χ1n) is 11.5. The molecule has 6 nitrogen and oxygen atoms in total. The van der Waals surface area contributed by atoms with E-state index in [1.807, 2.05) is 29.2 Å². The summed E-state index contributed by atoms with van der Waals surface area (Å²) in [6, 6.07) is 10.7. The molecule has 32 heavy (non-hydrogen) atoms. The van der Waals surface area contributed by atoms with Crippen molar-refractivity contribution in [2.24, 2.45) is 5.92 Å². The lowest BCUT2D eigenvalue weighted by atomic mass is 9.89. The number of para-hydroxylation sites is 1. The molecular formula is C25H32FN3O3. The van der Waals surface area contributed by atoms with E-state index in [0.29, 0.717) is 43.5 Å². The van der Waals surface area contributed by atoms with Gasteiger partial charge in [-0.3, -0.25) is 14.7 Å². The van der Waals surface area contributed by atoms with E-state index in [2.05, 4.69) is 9.88 Å². The fourth-order valence-corrected chi connectivity index (χ4v) is 4.75. The Hall–Kier alpha value is -2.51. The topological polar surface area (TPSA) is 54.9 Å². The molecular weight excluding hydrogens is 409 g/mol. The molecule has 2 atom stereocenters. The minimum absolute atomic E-state index is 0.0320. The lowest BCUT2D eigenvalue weighted by Gasteiger charge is -2.38. The molecule has 2 aromatic rings. The quantitative estimate of drug-likeness (QED) is 0.726. The minimum atomic E-state index is -0.325. The fraction of sp³-hybridized carbons (Fsp3) is 0.520. The fourth-order valence-electron chi connectivity index (χ4n) is 4.75. The van der Waals surface area contributed by atoms with Gasteiger partial charge in [0.25, 0.3) is 5.91 Å². The number of carbonyl (C=O) groups excluding carboxylic acids is 1. The van der Waals surface area contributed by atoms with Crippen LogP contribution in [0.4, 0.5) is 4.39 Å². The molecule has 0 saturated carbocycles. The van der Waals surface area contributed by atoms with Gasteiger partial charge in [0.2, 0.25) is 0 Å². The standard InChI is InChI=1S/C25H32FN3O3/c1-31-23-11-13-29-17-19(23)6-4-5-12-28(18-21-10-9-20(26)16-27-21)14-15-32-24-8-3-2-7-22(24)25(29)30/h2-3,7-10,16,19,23H,4-6,11-15,17-18H2,1H3/t19-,23+/m1/s1. The Kier molecular flexibility index (Phi) is 7.71. The molecule has 2 bridgehead atoms. The molecule has 3 heterocycles. The molecule has 1 fully saturated rings. The van der Waals surface area contributed by atoms with Crippen LogP contribution in [0.15, 0.2) is 42.6 Å². The molecule has 2 aliphatic rings. The van der Waals surface area contributed by atoms with Crippen LogP contribution in [0.25, 0.3) is 0 Å². The second-order valence-corrected chi connectivity index (χ2v) is 8.66. The summed E-state index contributed by atoms with van der Waals surface area (Å²) in [5.74, 6) is 0.666. The molecule has 1 aromatic heterocycles. The molecule has 1 saturated heterocycles. The van der Waals surface area contributed by atoms with Gasteiger partial charge in [-0.05, 0) is 50.1 Å². The molecule has 0 aliphatic carbocycles. The number of benzene rings is 1. The smallest absolute Gasteiger partial charge is 0.257 e. The summed E-state index contributed by atoms with van der Waals surface area (Å²) in [7, 11) is 1.77. The highest BCUT2D eigenvalue weighted by Gasteiger charge is 2.32. The summed E-state index contributed by atoms with van der Waals surface area (Å²) in [6.45, 7) is 4.16. The number of carbonyl (C=O) groups is 1. The number of rotatable bonds is 3. The SMILES string of the molecule is CO[C@H]1CCN2C[C@H]1CCCCN(Cc1ccc(F)cn1)CCOc1ccccc1C2=O. The second kappa shape index (κ2) is 10.9. The van der Waals surface area contributed by atoms with Gasteiger partial charge in [0.15, 0.2) is 0 Å². The van der Waals surface area contributed by atoms with Gasteiger partial charge in [-0.15, -0.1) is 0 Å². The number of hydrogen-bond donors (Lipinski definition) is 0. The number of halogens is 1. The van der Waals surface area contributed by atoms with Gasteiger partial charge < -0.3 is 14.4 Å². The van der Waals surface area contributed by atoms with Crippen molar-refractivity contribution in [1.29, 1.82) is 0 Å². The predicted molar refractivity (Wildman–Crippen MR) is 120 cm³/mol. The summed E-state index contributed by atoms with van der Waals surface area (Å²) >= 11 is 0. The van der Waals surface area contributed by atoms with Crippen molar-refractivity contribution in [3.05, 3.63) is 59.7 Å². The summed E-state index contributed by atoms with van der Waals surface area (Å²) < 4.78 is 25.1. The van der Waals surface area contributed by atoms with Crippen LogP contribution in [0.5, 0.6) is 5.75 Å². The van der Waals surface area contributed by atoms with E-state index in [1.54, 1.807) is 13.2 Å². The number of pyridine rings is 1. The molecule has 0 spiro atoms. The van der Waals surface area contributed by atoms with E-state index >= 15 is 0 Å². The molecule has 172 valence electrons. The van der Waals surface area contributed by atoms with Crippen LogP contribution in [0.1, 0.15) is 41.7 Å². The number of aromatic nitrogens is 1. The Morgan fingerprint density at radius 1 is 1.12 bits per heavy atom. The van der Waals surface area contributed by atoms with E-state index in [-0.39, 0.29) is 17.8 Å². The van der Waals surface area contributed by atoms with Crippen LogP contribution in [0.3, 0.4) is 0 Å². The van der Waals surface area contributed by atoms with Crippen LogP contribution in [0, 0.1) is 11.7 Å². The van der Waals surface area contributed by atoms with Gasteiger partial charge in [0.1, 0.15) is 18.2 Å². The summed E-state index contributed by atoms with van der Waals surface area (Å²) in [4.78, 5) is 21.8. The van der Waals surface area contributed by atoms with Crippen molar-refractivity contribution >= 4 is 5.91 Å². The van der Waals surface area contributed by atoms with Crippen LogP contribution >= 0.6 is 0 Å². The number of amides is 1. The molecule has 4 rings (SSSR count). The largest absolute Gasteiger partial charge is 0.491 e. The number of nitrogens with zero attached hydrogens (tertiary/aromatic N) is 3. The number of ether oxygens (including phenoxy) is 2. The summed E-state index contributed by atoms with van der Waals surface area (Å²) in [6.07, 6.45) is 5.45. The van der Waals surface area contributed by atoms with Crippen molar-refractivity contribution in [3.8, 4) is 5.75 Å². The highest BCUT2D eigenvalue weighted by Crippen LogP contribution is 2.28. The van der Waals surface area contributed by atoms with Crippen LogP contribution in [0.2, 0.25) is 0 Å². The summed E-state index contributed by atoms with van der Waals surface area (Å²) in [5, 5.41) is 0. The second-order valence-electron chi connectivity index (χ2n) is 8.66. The Bertz CT molecular complexity index is 892. The first-order valence-corrected chi connectivity index (χ1v) is 11.5. The maximum absolute atomic E-state index is 13.3. The van der Waals surface area contributed by atoms with E-state index in [9.17, 15) is 9.18 Å². The molecule has 7 heteroatoms. The maximum Gasteiger partial charge on any atom is 0.257 e. The normalized spacial score (nSPS) is 23.2. The number of methoxy groups -OCH3 is 1. The maximum atomic E-state index is 13.3. The van der Waals surface area contributed by atoms with Gasteiger partial charge in [0, 0.05) is 39.2 Å². The summed E-state index contributed by atoms with van der Waals surface area (Å²) in [5.41, 5.74) is 1.45. The zero-order valence-electron chi connectivity index (χ0n) is 18.7. The zero-order chi connectivity index (χ0) is 22.3. The van der Waals surface area contributed by atoms with Crippen LogP contribution in [-0.4, -0.2) is 66.7 Å². The third kappa shape index (κ3) is 5.64. The van der Waals surface area contributed by atoms with E-state index < -0.39 is 0 Å². The Morgan fingerprint density at radius 3 is 2.81 bits per heavy atom. The highest BCUT2D eigenvalue weighted by atomic mass is 19.1. The average Bonchev–Trinajstić information content (AvgIpc) is 2.82. The Balaban J connectivity index is 1.52. The Morgan fingerprint density at radius 2 is 2.00 bits per heavy atom. The van der Waals surface area contributed by atoms with Crippen molar-refractivity contribution < 1.29 is 18.7 Å². The first kappa shape index (κ1) is 22.7. The average molecular weight is 442 g/mol. The van der Waals surface area contributed by atoms with E-state index in [0.717, 1.165) is 44.5 Å². The third-order valence-corrected chi connectivity index (χ3v) is 6.51. The first-order chi connectivity index (χ1) is 15.6. The number of piperidine rings is 1. The monoisotopic (exact) mass is 441 g/mol. The van der Waals surface area contributed by atoms with E-state index in [4.69, 9.17) is 9.47 Å². The molecule has 1 amide bonds. The van der Waals surface area contributed by atoms with Gasteiger partial charge >= 0.3 is 0 Å². The minimum Gasteiger partial charge on any atom is -0.491 e. The third-order valence-electron chi connectivity index (χ3n) is 6.51. The lowest BCUT2D eigenvalue weighted by molar-refractivity contribution is -0.00702. The van der Waals surface area contributed by atoms with Crippen molar-refractivity contribution in [3.63, 3.8) is 0 Å². The van der Waals surface area contributed by atoms with Gasteiger partial charge in [-0.25, -0.2) is 4.39 Å². The van der Waals surface area contributed by atoms with Gasteiger partial charge in [0.05, 0.1) is 23.6 Å². The van der Waals surface area contributed by atoms with Gasteiger partial charge in [-0.2, -0.15) is 0 Å². The molecule has 1 aromatic carbocycles. The lowest BCUT2D eigenvalue weighted by Crippen LogP contribution is -2.46. The van der Waals surface area contributed by atoms with Crippen molar-refractivity contribution in [2.45, 2.75) is 38.3 Å². The molecule has 0 unspecified atom stereocenters. The molecule has 0 radical (unpaired) electrons. The van der Waals surface area contributed by atoms with Crippen molar-refractivity contribution in [2.75, 3.05) is 39.9 Å². The Labute approximate surface area is 189 Å². The van der Waals surface area contributed by atoms with Crippen LogP contribution < -0.4 is 4.74 Å². The van der Waals surface area contributed by atoms with E-state index in [1.165, 1.54) is 12.3 Å². The number of hydrogen-bond acceptors (Lipinski definition) is 5. The predicted octanol–water partition coefficient (Wildman–Crippen LogP) is 3.76. The van der Waals surface area contributed by atoms with Crippen molar-refractivity contribution in [1.82, 2.24) is 14.8 Å².